The Kier molecular flexibility index (Phi) is 3.57. The SMILES string of the molecule is CC1(C)CN(C(=O)C2(C(=O)O)CCC2)CC(CO)O1. The van der Waals surface area contributed by atoms with Crippen LogP contribution < -0.4 is 0 Å². The smallest absolute Gasteiger partial charge is 0.319 e. The lowest BCUT2D eigenvalue weighted by Gasteiger charge is -2.47. The summed E-state index contributed by atoms with van der Waals surface area (Å²) < 4.78 is 5.64. The van der Waals surface area contributed by atoms with Gasteiger partial charge in [0, 0.05) is 13.1 Å². The summed E-state index contributed by atoms with van der Waals surface area (Å²) in [6, 6.07) is 0. The molecule has 0 aromatic rings. The van der Waals surface area contributed by atoms with E-state index in [9.17, 15) is 19.8 Å². The Labute approximate surface area is 112 Å². The van der Waals surface area contributed by atoms with Crippen molar-refractivity contribution >= 4 is 11.9 Å². The van der Waals surface area contributed by atoms with Crippen molar-refractivity contribution in [2.24, 2.45) is 5.41 Å². The monoisotopic (exact) mass is 271 g/mol. The summed E-state index contributed by atoms with van der Waals surface area (Å²) in [5.74, 6) is -1.37. The van der Waals surface area contributed by atoms with Crippen molar-refractivity contribution in [3.8, 4) is 0 Å². The number of rotatable bonds is 3. The third-order valence-electron chi connectivity index (χ3n) is 4.00. The minimum atomic E-state index is -1.24. The maximum absolute atomic E-state index is 12.5. The predicted molar refractivity (Wildman–Crippen MR) is 66.5 cm³/mol. The summed E-state index contributed by atoms with van der Waals surface area (Å²) >= 11 is 0. The molecule has 1 heterocycles. The molecule has 1 saturated carbocycles. The first kappa shape index (κ1) is 14.3. The second-order valence-electron chi connectivity index (χ2n) is 6.11. The molecule has 1 aliphatic heterocycles. The Morgan fingerprint density at radius 3 is 2.42 bits per heavy atom. The molecule has 1 saturated heterocycles. The zero-order valence-corrected chi connectivity index (χ0v) is 11.4. The number of carbonyl (C=O) groups is 2. The molecule has 0 spiro atoms. The molecule has 1 aliphatic carbocycles. The number of ether oxygens (including phenoxy) is 1. The number of amides is 1. The predicted octanol–water partition coefficient (Wildman–Crippen LogP) is 0.240. The lowest BCUT2D eigenvalue weighted by Crippen LogP contribution is -2.61. The molecule has 0 radical (unpaired) electrons. The molecular weight excluding hydrogens is 250 g/mol. The first-order valence-electron chi connectivity index (χ1n) is 6.62. The van der Waals surface area contributed by atoms with E-state index in [-0.39, 0.29) is 19.1 Å². The highest BCUT2D eigenvalue weighted by Gasteiger charge is 2.54. The van der Waals surface area contributed by atoms with Gasteiger partial charge in [-0.2, -0.15) is 0 Å². The Hall–Kier alpha value is -1.14. The fraction of sp³-hybridized carbons (Fsp3) is 0.846. The van der Waals surface area contributed by atoms with Gasteiger partial charge in [-0.15, -0.1) is 0 Å². The van der Waals surface area contributed by atoms with Crippen molar-refractivity contribution in [2.45, 2.75) is 44.8 Å². The van der Waals surface area contributed by atoms with Gasteiger partial charge in [0.25, 0.3) is 0 Å². The van der Waals surface area contributed by atoms with Crippen LogP contribution >= 0.6 is 0 Å². The maximum Gasteiger partial charge on any atom is 0.319 e. The molecule has 6 nitrogen and oxygen atoms in total. The maximum atomic E-state index is 12.5. The number of aliphatic hydroxyl groups is 1. The number of aliphatic hydroxyl groups excluding tert-OH is 1. The summed E-state index contributed by atoms with van der Waals surface area (Å²) in [4.78, 5) is 25.4. The van der Waals surface area contributed by atoms with Gasteiger partial charge in [0.1, 0.15) is 5.41 Å². The molecule has 108 valence electrons. The van der Waals surface area contributed by atoms with Crippen LogP contribution in [0, 0.1) is 5.41 Å². The largest absolute Gasteiger partial charge is 0.480 e. The first-order chi connectivity index (χ1) is 8.81. The number of carboxylic acid groups (broad SMARTS) is 1. The van der Waals surface area contributed by atoms with Crippen LogP contribution in [0.2, 0.25) is 0 Å². The number of hydrogen-bond donors (Lipinski definition) is 2. The Bertz CT molecular complexity index is 388. The van der Waals surface area contributed by atoms with Gasteiger partial charge in [-0.25, -0.2) is 0 Å². The van der Waals surface area contributed by atoms with Crippen molar-refractivity contribution in [2.75, 3.05) is 19.7 Å². The van der Waals surface area contributed by atoms with E-state index in [1.807, 2.05) is 13.8 Å². The number of hydrogen-bond acceptors (Lipinski definition) is 4. The average Bonchev–Trinajstić information content (AvgIpc) is 2.24. The van der Waals surface area contributed by atoms with Gasteiger partial charge in [0.05, 0.1) is 18.3 Å². The molecule has 2 N–H and O–H groups in total. The van der Waals surface area contributed by atoms with Gasteiger partial charge in [-0.3, -0.25) is 9.59 Å². The van der Waals surface area contributed by atoms with Gasteiger partial charge in [0.15, 0.2) is 0 Å². The number of morpholine rings is 1. The van der Waals surface area contributed by atoms with E-state index in [4.69, 9.17) is 4.74 Å². The zero-order valence-electron chi connectivity index (χ0n) is 11.4. The van der Waals surface area contributed by atoms with E-state index < -0.39 is 23.1 Å². The van der Waals surface area contributed by atoms with Crippen LogP contribution in [0.3, 0.4) is 0 Å². The Morgan fingerprint density at radius 2 is 2.00 bits per heavy atom. The Balaban J connectivity index is 2.16. The lowest BCUT2D eigenvalue weighted by atomic mass is 9.67. The molecule has 0 bridgehead atoms. The van der Waals surface area contributed by atoms with Gasteiger partial charge < -0.3 is 19.8 Å². The number of carbonyl (C=O) groups excluding carboxylic acids is 1. The molecule has 0 aromatic heterocycles. The van der Waals surface area contributed by atoms with Crippen LogP contribution in [0.25, 0.3) is 0 Å². The average molecular weight is 271 g/mol. The molecule has 2 fully saturated rings. The van der Waals surface area contributed by atoms with E-state index in [0.717, 1.165) is 6.42 Å². The first-order valence-corrected chi connectivity index (χ1v) is 6.62. The lowest BCUT2D eigenvalue weighted by molar-refractivity contribution is -0.184. The van der Waals surface area contributed by atoms with Crippen molar-refractivity contribution < 1.29 is 24.5 Å². The van der Waals surface area contributed by atoms with E-state index >= 15 is 0 Å². The topological polar surface area (TPSA) is 87.1 Å². The normalized spacial score (nSPS) is 28.6. The summed E-state index contributed by atoms with van der Waals surface area (Å²) in [5.41, 5.74) is -1.81. The quantitative estimate of drug-likeness (QED) is 0.718. The van der Waals surface area contributed by atoms with Crippen LogP contribution in [0.4, 0.5) is 0 Å². The van der Waals surface area contributed by atoms with Gasteiger partial charge in [0.2, 0.25) is 5.91 Å². The van der Waals surface area contributed by atoms with Gasteiger partial charge in [-0.1, -0.05) is 6.42 Å². The fourth-order valence-electron chi connectivity index (χ4n) is 2.90. The molecule has 2 aliphatic rings. The van der Waals surface area contributed by atoms with Crippen LogP contribution in [-0.2, 0) is 14.3 Å². The fourth-order valence-corrected chi connectivity index (χ4v) is 2.90. The number of aliphatic carboxylic acids is 1. The van der Waals surface area contributed by atoms with E-state index in [1.54, 1.807) is 0 Å². The summed E-state index contributed by atoms with van der Waals surface area (Å²) in [5, 5.41) is 18.5. The Morgan fingerprint density at radius 1 is 1.37 bits per heavy atom. The highest BCUT2D eigenvalue weighted by molar-refractivity contribution is 6.02. The van der Waals surface area contributed by atoms with Crippen LogP contribution in [0.5, 0.6) is 0 Å². The van der Waals surface area contributed by atoms with Crippen molar-refractivity contribution in [1.82, 2.24) is 4.90 Å². The van der Waals surface area contributed by atoms with E-state index in [1.165, 1.54) is 4.90 Å². The minimum absolute atomic E-state index is 0.173. The van der Waals surface area contributed by atoms with Gasteiger partial charge >= 0.3 is 5.97 Å². The molecular formula is C13H21NO5. The minimum Gasteiger partial charge on any atom is -0.480 e. The molecule has 19 heavy (non-hydrogen) atoms. The van der Waals surface area contributed by atoms with E-state index in [2.05, 4.69) is 0 Å². The van der Waals surface area contributed by atoms with Crippen molar-refractivity contribution in [3.05, 3.63) is 0 Å². The second kappa shape index (κ2) is 4.76. The molecule has 6 heteroatoms. The van der Waals surface area contributed by atoms with Crippen LogP contribution in [0.15, 0.2) is 0 Å². The van der Waals surface area contributed by atoms with Crippen LogP contribution in [0.1, 0.15) is 33.1 Å². The summed E-state index contributed by atoms with van der Waals surface area (Å²) in [7, 11) is 0. The molecule has 0 aromatic carbocycles. The standard InChI is InChI=1S/C13H21NO5/c1-12(2)8-14(6-9(7-15)19-12)10(16)13(11(17)18)4-3-5-13/h9,15H,3-8H2,1-2H3,(H,17,18). The summed E-state index contributed by atoms with van der Waals surface area (Å²) in [6.07, 6.45) is 1.14. The highest BCUT2D eigenvalue weighted by atomic mass is 16.5. The molecule has 1 atom stereocenters. The molecule has 1 amide bonds. The highest BCUT2D eigenvalue weighted by Crippen LogP contribution is 2.43. The molecule has 1 unspecified atom stereocenters. The third kappa shape index (κ3) is 2.47. The van der Waals surface area contributed by atoms with Crippen molar-refractivity contribution in [3.63, 3.8) is 0 Å². The van der Waals surface area contributed by atoms with E-state index in [0.29, 0.717) is 19.4 Å². The molecule has 2 rings (SSSR count). The number of nitrogens with zero attached hydrogens (tertiary/aromatic N) is 1. The second-order valence-corrected chi connectivity index (χ2v) is 6.11. The number of carboxylic acids is 1. The van der Waals surface area contributed by atoms with Gasteiger partial charge in [-0.05, 0) is 26.7 Å². The zero-order chi connectivity index (χ0) is 14.3. The van der Waals surface area contributed by atoms with Crippen LogP contribution in [-0.4, -0.2) is 58.4 Å². The summed E-state index contributed by atoms with van der Waals surface area (Å²) in [6.45, 7) is 4.12. The van der Waals surface area contributed by atoms with Crippen molar-refractivity contribution in [1.29, 1.82) is 0 Å². The third-order valence-corrected chi connectivity index (χ3v) is 4.00.